The summed E-state index contributed by atoms with van der Waals surface area (Å²) in [5, 5.41) is 41.9. The van der Waals surface area contributed by atoms with E-state index in [1.54, 1.807) is 96.5 Å². The van der Waals surface area contributed by atoms with Crippen LogP contribution in [0.1, 0.15) is 62.2 Å². The van der Waals surface area contributed by atoms with E-state index in [2.05, 4.69) is 42.5 Å². The number of ether oxygens (including phenoxy) is 5. The fraction of sp³-hybridized carbons (Fsp3) is 0.245. The van der Waals surface area contributed by atoms with Crippen LogP contribution in [-0.2, 0) is 36.8 Å². The molecule has 0 saturated carbocycles. The Kier molecular flexibility index (Phi) is 20.4. The number of imidazole rings is 3. The zero-order valence-electron chi connectivity index (χ0n) is 40.2. The van der Waals surface area contributed by atoms with Crippen molar-refractivity contribution in [3.8, 4) is 0 Å². The maximum Gasteiger partial charge on any atom is 0.338 e. The Morgan fingerprint density at radius 2 is 1.07 bits per heavy atom. The van der Waals surface area contributed by atoms with Crippen LogP contribution < -0.4 is 0 Å². The van der Waals surface area contributed by atoms with E-state index in [9.17, 15) is 54.6 Å². The molecule has 8 rings (SSSR count). The SMILES string of the molecule is C[C@@]1(COC(=O)c2ccc([N+](=O)[O-])cc2)CO1.C[C@](COC(=O)c1ccc([N+](=O)[O-])cc1)(Cn1ccnc1)OC(=O)c1ccc(I)cc1.C[C@](O)(COC(=O)c1ccc([N+](=O)[O-])cc1)Cn1ccnc1.c1c[nH]cn1. The fourth-order valence-electron chi connectivity index (χ4n) is 6.05. The minimum absolute atomic E-state index is 0.0564. The summed E-state index contributed by atoms with van der Waals surface area (Å²) in [7, 11) is 0. The molecule has 26 heteroatoms. The molecule has 0 radical (unpaired) electrons. The number of halogens is 1. The average molecular weight is 1150 g/mol. The van der Waals surface area contributed by atoms with Crippen LogP contribution in [0.3, 0.4) is 0 Å². The van der Waals surface area contributed by atoms with Gasteiger partial charge in [0.1, 0.15) is 31.0 Å². The smallest absolute Gasteiger partial charge is 0.338 e. The first-order chi connectivity index (χ1) is 35.6. The topological polar surface area (TPSA) is 332 Å². The molecule has 4 heterocycles. The molecule has 0 aliphatic carbocycles. The Hall–Kier alpha value is -8.76. The highest BCUT2D eigenvalue weighted by molar-refractivity contribution is 14.1. The predicted molar refractivity (Wildman–Crippen MR) is 271 cm³/mol. The van der Waals surface area contributed by atoms with Gasteiger partial charge in [-0.3, -0.25) is 30.3 Å². The molecule has 1 saturated heterocycles. The number of hydrogen-bond donors (Lipinski definition) is 2. The van der Waals surface area contributed by atoms with Crippen molar-refractivity contribution in [1.82, 2.24) is 29.1 Å². The van der Waals surface area contributed by atoms with Crippen LogP contribution in [0.2, 0.25) is 0 Å². The number of esters is 4. The van der Waals surface area contributed by atoms with Crippen molar-refractivity contribution < 1.29 is 62.7 Å². The second kappa shape index (κ2) is 26.8. The van der Waals surface area contributed by atoms with Gasteiger partial charge in [-0.15, -0.1) is 0 Å². The second-order valence-corrected chi connectivity index (χ2v) is 18.2. The zero-order valence-corrected chi connectivity index (χ0v) is 42.4. The van der Waals surface area contributed by atoms with Gasteiger partial charge in [-0.05, 0) is 104 Å². The van der Waals surface area contributed by atoms with Crippen molar-refractivity contribution >= 4 is 63.5 Å². The molecule has 0 spiro atoms. The molecule has 75 heavy (non-hydrogen) atoms. The number of carbonyl (C=O) groups excluding carboxylic acids is 4. The average Bonchev–Trinajstić information content (AvgIpc) is 3.96. The molecule has 1 aliphatic rings. The largest absolute Gasteiger partial charge is 0.459 e. The van der Waals surface area contributed by atoms with E-state index in [1.807, 2.05) is 6.92 Å². The number of nitro benzene ring substituents is 3. The maximum atomic E-state index is 12.7. The number of nitro groups is 3. The molecule has 2 N–H and O–H groups in total. The van der Waals surface area contributed by atoms with E-state index in [0.29, 0.717) is 17.7 Å². The third-order valence-corrected chi connectivity index (χ3v) is 10.8. The molecule has 25 nitrogen and oxygen atoms in total. The number of aromatic amines is 1. The number of non-ortho nitro benzene ring substituents is 3. The van der Waals surface area contributed by atoms with Gasteiger partial charge in [-0.25, -0.2) is 34.1 Å². The lowest BCUT2D eigenvalue weighted by molar-refractivity contribution is -0.385. The Morgan fingerprint density at radius 1 is 0.653 bits per heavy atom. The summed E-state index contributed by atoms with van der Waals surface area (Å²) >= 11 is 2.14. The number of nitrogens with zero attached hydrogens (tertiary/aromatic N) is 8. The Morgan fingerprint density at radius 3 is 1.44 bits per heavy atom. The summed E-state index contributed by atoms with van der Waals surface area (Å²) in [5.74, 6) is -2.39. The van der Waals surface area contributed by atoms with Crippen molar-refractivity contribution in [3.05, 3.63) is 209 Å². The van der Waals surface area contributed by atoms with Crippen LogP contribution in [0.15, 0.2) is 153 Å². The van der Waals surface area contributed by atoms with Crippen LogP contribution in [0.25, 0.3) is 0 Å². The lowest BCUT2D eigenvalue weighted by atomic mass is 10.1. The zero-order chi connectivity index (χ0) is 54.6. The molecule has 0 unspecified atom stereocenters. The molecule has 4 aromatic carbocycles. The van der Waals surface area contributed by atoms with Gasteiger partial charge in [0.25, 0.3) is 17.1 Å². The van der Waals surface area contributed by atoms with Crippen LogP contribution in [0.4, 0.5) is 17.1 Å². The second-order valence-electron chi connectivity index (χ2n) is 17.0. The number of nitrogens with one attached hydrogen (secondary N) is 1. The number of benzene rings is 4. The monoisotopic (exact) mass is 1150 g/mol. The highest BCUT2D eigenvalue weighted by Gasteiger charge is 2.41. The van der Waals surface area contributed by atoms with E-state index in [0.717, 1.165) is 3.57 Å². The van der Waals surface area contributed by atoms with Crippen LogP contribution in [0.5, 0.6) is 0 Å². The summed E-state index contributed by atoms with van der Waals surface area (Å²) in [6.07, 6.45) is 14.8. The van der Waals surface area contributed by atoms with E-state index >= 15 is 0 Å². The molecule has 0 bridgehead atoms. The number of hydrogen-bond acceptors (Lipinski definition) is 19. The minimum Gasteiger partial charge on any atom is -0.459 e. The summed E-state index contributed by atoms with van der Waals surface area (Å²) in [5.41, 5.74) is -2.08. The molecule has 1 fully saturated rings. The van der Waals surface area contributed by atoms with Crippen molar-refractivity contribution in [3.63, 3.8) is 0 Å². The van der Waals surface area contributed by atoms with Crippen LogP contribution >= 0.6 is 22.6 Å². The van der Waals surface area contributed by atoms with Gasteiger partial charge in [0.2, 0.25) is 0 Å². The van der Waals surface area contributed by atoms with Gasteiger partial charge in [0.15, 0.2) is 5.60 Å². The number of epoxide rings is 1. The number of aromatic nitrogens is 6. The minimum atomic E-state index is -1.25. The molecule has 1 aliphatic heterocycles. The highest BCUT2D eigenvalue weighted by Crippen LogP contribution is 2.26. The molecule has 7 aromatic rings. The van der Waals surface area contributed by atoms with E-state index in [1.165, 1.54) is 79.7 Å². The molecule has 0 amide bonds. The third kappa shape index (κ3) is 19.3. The lowest BCUT2D eigenvalue weighted by Gasteiger charge is -2.29. The third-order valence-electron chi connectivity index (χ3n) is 10.1. The normalized spacial score (nSPS) is 14.6. The number of H-pyrrole nitrogens is 1. The van der Waals surface area contributed by atoms with Gasteiger partial charge >= 0.3 is 23.9 Å². The lowest BCUT2D eigenvalue weighted by Crippen LogP contribution is -2.41. The highest BCUT2D eigenvalue weighted by atomic mass is 127. The summed E-state index contributed by atoms with van der Waals surface area (Å²) < 4.78 is 30.6. The van der Waals surface area contributed by atoms with E-state index < -0.39 is 49.8 Å². The van der Waals surface area contributed by atoms with Crippen molar-refractivity contribution in [2.45, 2.75) is 50.7 Å². The molecule has 3 aromatic heterocycles. The number of aliphatic hydroxyl groups is 1. The summed E-state index contributed by atoms with van der Waals surface area (Å²) in [6.45, 7) is 5.81. The number of carbonyl (C=O) groups is 4. The predicted octanol–water partition coefficient (Wildman–Crippen LogP) is 7.22. The number of rotatable bonds is 18. The summed E-state index contributed by atoms with van der Waals surface area (Å²) in [6, 6.07) is 22.3. The molecular weight excluding hydrogens is 1100 g/mol. The fourth-order valence-corrected chi connectivity index (χ4v) is 6.41. The van der Waals surface area contributed by atoms with Crippen molar-refractivity contribution in [1.29, 1.82) is 0 Å². The first kappa shape index (κ1) is 57.1. The van der Waals surface area contributed by atoms with Gasteiger partial charge in [0, 0.05) is 77.1 Å². The Labute approximate surface area is 440 Å². The summed E-state index contributed by atoms with van der Waals surface area (Å²) in [4.78, 5) is 92.8. The first-order valence-corrected chi connectivity index (χ1v) is 23.2. The van der Waals surface area contributed by atoms with Gasteiger partial charge in [-0.2, -0.15) is 0 Å². The molecule has 392 valence electrons. The quantitative estimate of drug-likeness (QED) is 0.0214. The Bertz CT molecular complexity index is 2950. The van der Waals surface area contributed by atoms with Gasteiger partial charge in [-0.1, -0.05) is 0 Å². The first-order valence-electron chi connectivity index (χ1n) is 22.1. The van der Waals surface area contributed by atoms with E-state index in [-0.39, 0.29) is 66.7 Å². The molecule has 3 atom stereocenters. The van der Waals surface area contributed by atoms with E-state index in [4.69, 9.17) is 23.7 Å². The Balaban J connectivity index is 0.000000206. The van der Waals surface area contributed by atoms with Crippen molar-refractivity contribution in [2.24, 2.45) is 0 Å². The van der Waals surface area contributed by atoms with Gasteiger partial charge in [0.05, 0.1) is 75.7 Å². The maximum absolute atomic E-state index is 12.7. The van der Waals surface area contributed by atoms with Crippen LogP contribution in [-0.4, -0.2) is 116 Å². The van der Waals surface area contributed by atoms with Crippen molar-refractivity contribution in [2.75, 3.05) is 26.4 Å². The van der Waals surface area contributed by atoms with Gasteiger partial charge < -0.3 is 42.9 Å². The standard InChI is InChI=1S/C21H18IN3O6.C14H15N3O5.C11H11NO5.C3H4N2/c1-21(12-24-11-10-23-14-24,31-20(27)16-2-6-17(22)7-3-16)13-30-19(26)15-4-8-18(9-5-15)25(28)29;1-14(19,8-16-7-6-15-10-16)9-22-13(18)11-2-4-12(5-3-11)17(20)21;1-11(7-17-11)6-16-10(13)8-2-4-9(5-3-8)12(14)15;1-2-5-3-4-1/h2-11,14H,12-13H2,1H3;2-7,10,19H,8-9H2,1H3;2-5H,6-7H2,1H3;1-3H,(H,4,5)/t21-;14-;11-;/m111./s1. The van der Waals surface area contributed by atoms with Crippen LogP contribution in [0, 0.1) is 33.9 Å². The molecular formula is C49H48IN9O16.